The number of hydrogen-bond donors (Lipinski definition) is 2. The number of aliphatic hydroxyl groups excluding tert-OH is 1. The number of hydrogen-bond acceptors (Lipinski definition) is 2. The molecule has 0 aliphatic heterocycles. The maximum Gasteiger partial charge on any atom is 0.262 e. The average molecular weight is 164 g/mol. The molecule has 0 aromatic heterocycles. The summed E-state index contributed by atoms with van der Waals surface area (Å²) >= 11 is 5.22. The van der Waals surface area contributed by atoms with Crippen molar-refractivity contribution in [1.29, 1.82) is 0 Å². The number of rotatable bonds is 3. The van der Waals surface area contributed by atoms with Crippen molar-refractivity contribution in [1.82, 2.24) is 5.32 Å². The van der Waals surface area contributed by atoms with Gasteiger partial charge < -0.3 is 10.4 Å². The molecule has 0 spiro atoms. The van der Waals surface area contributed by atoms with Gasteiger partial charge in [0.2, 0.25) is 0 Å². The molecule has 0 saturated heterocycles. The minimum Gasteiger partial charge on any atom is -0.392 e. The third-order valence-corrected chi connectivity index (χ3v) is 0.976. The first kappa shape index (κ1) is 9.46. The summed E-state index contributed by atoms with van der Waals surface area (Å²) in [5.74, 6) is -0.442. The Bertz CT molecular complexity index is 145. The first-order valence-corrected chi connectivity index (χ1v) is 3.22. The fourth-order valence-electron chi connectivity index (χ4n) is 0.336. The topological polar surface area (TPSA) is 49.3 Å². The zero-order valence-corrected chi connectivity index (χ0v) is 6.48. The van der Waals surface area contributed by atoms with Crippen LogP contribution < -0.4 is 5.32 Å². The fourth-order valence-corrected chi connectivity index (χ4v) is 0.403. The third kappa shape index (κ3) is 4.35. The van der Waals surface area contributed by atoms with E-state index in [1.165, 1.54) is 0 Å². The van der Waals surface area contributed by atoms with Crippen molar-refractivity contribution >= 4 is 17.5 Å². The SMILES string of the molecule is C=C(Cl)C(=O)NC[C@H](C)O. The van der Waals surface area contributed by atoms with Crippen LogP contribution in [0.25, 0.3) is 0 Å². The second-order valence-corrected chi connectivity index (χ2v) is 2.42. The van der Waals surface area contributed by atoms with Crippen LogP contribution >= 0.6 is 11.6 Å². The average Bonchev–Trinajstić information content (AvgIpc) is 1.82. The van der Waals surface area contributed by atoms with Gasteiger partial charge in [-0.2, -0.15) is 0 Å². The van der Waals surface area contributed by atoms with Gasteiger partial charge in [-0.25, -0.2) is 0 Å². The minimum absolute atomic E-state index is 0.0688. The molecular formula is C6H10ClNO2. The number of carbonyl (C=O) groups is 1. The third-order valence-electron chi connectivity index (χ3n) is 0.804. The molecule has 0 aliphatic carbocycles. The van der Waals surface area contributed by atoms with Gasteiger partial charge in [0.05, 0.1) is 11.1 Å². The van der Waals surface area contributed by atoms with Crippen LogP contribution in [0, 0.1) is 0 Å². The summed E-state index contributed by atoms with van der Waals surface area (Å²) < 4.78 is 0. The highest BCUT2D eigenvalue weighted by Gasteiger charge is 2.03. The molecule has 1 atom stereocenters. The van der Waals surface area contributed by atoms with Gasteiger partial charge in [-0.15, -0.1) is 0 Å². The minimum atomic E-state index is -0.556. The Morgan fingerprint density at radius 1 is 1.90 bits per heavy atom. The number of nitrogens with one attached hydrogen (secondary N) is 1. The van der Waals surface area contributed by atoms with Gasteiger partial charge in [-0.3, -0.25) is 4.79 Å². The van der Waals surface area contributed by atoms with Crippen molar-refractivity contribution in [3.8, 4) is 0 Å². The summed E-state index contributed by atoms with van der Waals surface area (Å²) in [5.41, 5.74) is 0. The number of halogens is 1. The van der Waals surface area contributed by atoms with Crippen molar-refractivity contribution in [3.63, 3.8) is 0 Å². The quantitative estimate of drug-likeness (QED) is 0.586. The zero-order chi connectivity index (χ0) is 8.15. The number of amides is 1. The molecule has 0 heterocycles. The molecule has 2 N–H and O–H groups in total. The molecule has 58 valence electrons. The van der Waals surface area contributed by atoms with E-state index in [-0.39, 0.29) is 11.6 Å². The first-order valence-electron chi connectivity index (χ1n) is 2.84. The Balaban J connectivity index is 3.50. The van der Waals surface area contributed by atoms with Crippen molar-refractivity contribution in [2.24, 2.45) is 0 Å². The van der Waals surface area contributed by atoms with Crippen LogP contribution in [0.4, 0.5) is 0 Å². The van der Waals surface area contributed by atoms with Gasteiger partial charge in [0, 0.05) is 6.54 Å². The Kier molecular flexibility index (Phi) is 4.07. The van der Waals surface area contributed by atoms with E-state index in [2.05, 4.69) is 11.9 Å². The van der Waals surface area contributed by atoms with E-state index in [1.54, 1.807) is 6.92 Å². The maximum absolute atomic E-state index is 10.6. The molecule has 0 rings (SSSR count). The van der Waals surface area contributed by atoms with Crippen LogP contribution in [-0.4, -0.2) is 23.7 Å². The van der Waals surface area contributed by atoms with Gasteiger partial charge in [-0.1, -0.05) is 18.2 Å². The molecule has 0 aromatic rings. The van der Waals surface area contributed by atoms with Gasteiger partial charge >= 0.3 is 0 Å². The lowest BCUT2D eigenvalue weighted by molar-refractivity contribution is -0.117. The normalized spacial score (nSPS) is 12.3. The summed E-state index contributed by atoms with van der Waals surface area (Å²) in [5, 5.41) is 11.0. The molecule has 0 saturated carbocycles. The Labute approximate surface area is 64.7 Å². The van der Waals surface area contributed by atoms with E-state index < -0.39 is 12.0 Å². The van der Waals surface area contributed by atoms with Crippen molar-refractivity contribution in [3.05, 3.63) is 11.6 Å². The van der Waals surface area contributed by atoms with Crippen LogP contribution in [0.15, 0.2) is 11.6 Å². The molecule has 0 radical (unpaired) electrons. The van der Waals surface area contributed by atoms with Crippen LogP contribution in [0.3, 0.4) is 0 Å². The molecule has 3 nitrogen and oxygen atoms in total. The van der Waals surface area contributed by atoms with Crippen LogP contribution in [0.2, 0.25) is 0 Å². The second kappa shape index (κ2) is 4.30. The number of carbonyl (C=O) groups excluding carboxylic acids is 1. The standard InChI is InChI=1S/C6H10ClNO2/c1-4(9)3-8-6(10)5(2)7/h4,9H,2-3H2,1H3,(H,8,10)/t4-/m0/s1. The van der Waals surface area contributed by atoms with Crippen LogP contribution in [-0.2, 0) is 4.79 Å². The van der Waals surface area contributed by atoms with Crippen molar-refractivity contribution < 1.29 is 9.90 Å². The summed E-state index contributed by atoms with van der Waals surface area (Å²) in [6.07, 6.45) is -0.556. The summed E-state index contributed by atoms with van der Waals surface area (Å²) in [4.78, 5) is 10.6. The van der Waals surface area contributed by atoms with Gasteiger partial charge in [-0.05, 0) is 6.92 Å². The molecule has 0 aliphatic rings. The number of aliphatic hydroxyl groups is 1. The van der Waals surface area contributed by atoms with Gasteiger partial charge in [0.25, 0.3) is 5.91 Å². The lowest BCUT2D eigenvalue weighted by Gasteiger charge is -2.04. The monoisotopic (exact) mass is 163 g/mol. The first-order chi connectivity index (χ1) is 4.54. The molecule has 0 bridgehead atoms. The molecule has 10 heavy (non-hydrogen) atoms. The Morgan fingerprint density at radius 2 is 2.40 bits per heavy atom. The summed E-state index contributed by atoms with van der Waals surface area (Å²) in [7, 11) is 0. The van der Waals surface area contributed by atoms with E-state index in [0.717, 1.165) is 0 Å². The molecule has 4 heteroatoms. The van der Waals surface area contributed by atoms with E-state index in [9.17, 15) is 4.79 Å². The summed E-state index contributed by atoms with van der Waals surface area (Å²) in [6.45, 7) is 4.97. The highest BCUT2D eigenvalue weighted by Crippen LogP contribution is 1.94. The lowest BCUT2D eigenvalue weighted by atomic mass is 10.4. The molecule has 0 aromatic carbocycles. The molecule has 0 fully saturated rings. The Hall–Kier alpha value is -0.540. The maximum atomic E-state index is 10.6. The largest absolute Gasteiger partial charge is 0.392 e. The lowest BCUT2D eigenvalue weighted by Crippen LogP contribution is -2.30. The highest BCUT2D eigenvalue weighted by atomic mass is 35.5. The second-order valence-electron chi connectivity index (χ2n) is 1.96. The fraction of sp³-hybridized carbons (Fsp3) is 0.500. The smallest absolute Gasteiger partial charge is 0.262 e. The van der Waals surface area contributed by atoms with E-state index in [0.29, 0.717) is 0 Å². The van der Waals surface area contributed by atoms with E-state index in [1.807, 2.05) is 0 Å². The zero-order valence-electron chi connectivity index (χ0n) is 5.72. The molecule has 0 unspecified atom stereocenters. The Morgan fingerprint density at radius 3 is 2.70 bits per heavy atom. The van der Waals surface area contributed by atoms with Crippen LogP contribution in [0.5, 0.6) is 0 Å². The van der Waals surface area contributed by atoms with E-state index in [4.69, 9.17) is 16.7 Å². The van der Waals surface area contributed by atoms with Crippen molar-refractivity contribution in [2.75, 3.05) is 6.54 Å². The van der Waals surface area contributed by atoms with Crippen molar-refractivity contribution in [2.45, 2.75) is 13.0 Å². The van der Waals surface area contributed by atoms with Gasteiger partial charge in [0.15, 0.2) is 0 Å². The van der Waals surface area contributed by atoms with E-state index >= 15 is 0 Å². The summed E-state index contributed by atoms with van der Waals surface area (Å²) in [6, 6.07) is 0. The molecular weight excluding hydrogens is 154 g/mol. The van der Waals surface area contributed by atoms with Gasteiger partial charge in [0.1, 0.15) is 0 Å². The molecule has 1 amide bonds. The highest BCUT2D eigenvalue weighted by molar-refractivity contribution is 6.41. The van der Waals surface area contributed by atoms with Crippen LogP contribution in [0.1, 0.15) is 6.92 Å². The predicted molar refractivity (Wildman–Crippen MR) is 39.7 cm³/mol. The predicted octanol–water partition coefficient (Wildman–Crippen LogP) is 0.236.